The minimum atomic E-state index is -0.252. The van der Waals surface area contributed by atoms with E-state index in [9.17, 15) is 4.79 Å². The number of benzene rings is 2. The maximum atomic E-state index is 12.3. The van der Waals surface area contributed by atoms with Gasteiger partial charge in [0.1, 0.15) is 6.10 Å². The molecule has 0 radical (unpaired) electrons. The molecule has 1 aliphatic rings. The quantitative estimate of drug-likeness (QED) is 0.488. The number of hydrogen-bond acceptors (Lipinski definition) is 2. The van der Waals surface area contributed by atoms with Crippen LogP contribution in [0.3, 0.4) is 0 Å². The number of hydrogen-bond donors (Lipinski definition) is 0. The molecule has 2 aromatic rings. The van der Waals surface area contributed by atoms with Gasteiger partial charge in [0.05, 0.1) is 5.56 Å². The van der Waals surface area contributed by atoms with Crippen molar-refractivity contribution in [1.82, 2.24) is 0 Å². The molecule has 0 aliphatic heterocycles. The Morgan fingerprint density at radius 2 is 2.05 bits per heavy atom. The Labute approximate surface area is 139 Å². The predicted octanol–water partition coefficient (Wildman–Crippen LogP) is 4.90. The summed E-state index contributed by atoms with van der Waals surface area (Å²) in [5, 5.41) is 0. The number of halogens is 2. The van der Waals surface area contributed by atoms with Crippen molar-refractivity contribution in [3.8, 4) is 0 Å². The van der Waals surface area contributed by atoms with E-state index in [1.807, 2.05) is 36.4 Å². The van der Waals surface area contributed by atoms with Gasteiger partial charge in [0, 0.05) is 8.04 Å². The molecule has 1 aliphatic carbocycles. The van der Waals surface area contributed by atoms with Crippen molar-refractivity contribution >= 4 is 44.5 Å². The van der Waals surface area contributed by atoms with Crippen molar-refractivity contribution in [2.75, 3.05) is 0 Å². The van der Waals surface area contributed by atoms with Crippen molar-refractivity contribution in [2.45, 2.75) is 18.9 Å². The molecule has 0 aromatic heterocycles. The topological polar surface area (TPSA) is 26.3 Å². The first-order valence-corrected chi connectivity index (χ1v) is 8.26. The lowest BCUT2D eigenvalue weighted by Gasteiger charge is -2.14. The third-order valence-electron chi connectivity index (χ3n) is 3.48. The summed E-state index contributed by atoms with van der Waals surface area (Å²) >= 11 is 5.55. The fourth-order valence-corrected chi connectivity index (χ4v) is 3.40. The molecule has 0 N–H and O–H groups in total. The largest absolute Gasteiger partial charge is 0.454 e. The van der Waals surface area contributed by atoms with Crippen LogP contribution in [-0.4, -0.2) is 5.97 Å². The van der Waals surface area contributed by atoms with E-state index in [1.54, 1.807) is 0 Å². The molecule has 20 heavy (non-hydrogen) atoms. The summed E-state index contributed by atoms with van der Waals surface area (Å²) in [5.74, 6) is -0.252. The van der Waals surface area contributed by atoms with E-state index in [2.05, 4.69) is 44.6 Å². The van der Waals surface area contributed by atoms with Crippen LogP contribution >= 0.6 is 38.5 Å². The van der Waals surface area contributed by atoms with Crippen LogP contribution in [0.5, 0.6) is 0 Å². The maximum absolute atomic E-state index is 12.3. The second kappa shape index (κ2) is 5.85. The normalized spacial score (nSPS) is 16.8. The Morgan fingerprint density at radius 3 is 2.90 bits per heavy atom. The van der Waals surface area contributed by atoms with E-state index < -0.39 is 0 Å². The van der Waals surface area contributed by atoms with Crippen molar-refractivity contribution in [2.24, 2.45) is 0 Å². The van der Waals surface area contributed by atoms with Gasteiger partial charge in [-0.15, -0.1) is 0 Å². The zero-order chi connectivity index (χ0) is 14.1. The van der Waals surface area contributed by atoms with Gasteiger partial charge in [-0.3, -0.25) is 0 Å². The number of fused-ring (bicyclic) bond motifs is 1. The number of aryl methyl sites for hydroxylation is 1. The van der Waals surface area contributed by atoms with Gasteiger partial charge in [0.25, 0.3) is 0 Å². The highest BCUT2D eigenvalue weighted by atomic mass is 127. The molecule has 2 nitrogen and oxygen atoms in total. The van der Waals surface area contributed by atoms with E-state index >= 15 is 0 Å². The summed E-state index contributed by atoms with van der Waals surface area (Å²) in [5.41, 5.74) is 3.05. The molecule has 2 aromatic carbocycles. The van der Waals surface area contributed by atoms with Crippen LogP contribution in [0, 0.1) is 3.57 Å². The van der Waals surface area contributed by atoms with Gasteiger partial charge in [-0.25, -0.2) is 4.79 Å². The second-order valence-corrected chi connectivity index (χ2v) is 6.83. The van der Waals surface area contributed by atoms with Crippen LogP contribution in [0.2, 0.25) is 0 Å². The fourth-order valence-electron chi connectivity index (χ4n) is 2.49. The minimum absolute atomic E-state index is 0.117. The van der Waals surface area contributed by atoms with Gasteiger partial charge < -0.3 is 4.74 Å². The first kappa shape index (κ1) is 14.1. The average molecular weight is 443 g/mol. The second-order valence-electron chi connectivity index (χ2n) is 4.76. The highest BCUT2D eigenvalue weighted by Gasteiger charge is 2.26. The summed E-state index contributed by atoms with van der Waals surface area (Å²) in [6, 6.07) is 13.8. The lowest BCUT2D eigenvalue weighted by atomic mass is 10.1. The standard InChI is InChI=1S/C16H12BrIO2/c17-11-6-7-14(18)13(9-11)16(19)20-15-8-5-10-3-1-2-4-12(10)15/h1-4,6-7,9,15H,5,8H2. The zero-order valence-corrected chi connectivity index (χ0v) is 14.3. The molecular formula is C16H12BrIO2. The smallest absolute Gasteiger partial charge is 0.339 e. The molecule has 0 spiro atoms. The third-order valence-corrected chi connectivity index (χ3v) is 4.91. The van der Waals surface area contributed by atoms with Gasteiger partial charge in [0.2, 0.25) is 0 Å². The summed E-state index contributed by atoms with van der Waals surface area (Å²) in [4.78, 5) is 12.3. The van der Waals surface area contributed by atoms with Gasteiger partial charge in [0.15, 0.2) is 0 Å². The Morgan fingerprint density at radius 1 is 1.25 bits per heavy atom. The SMILES string of the molecule is O=C(OC1CCc2ccccc21)c1cc(Br)ccc1I. The Bertz CT molecular complexity index is 669. The van der Waals surface area contributed by atoms with Crippen molar-refractivity contribution < 1.29 is 9.53 Å². The molecule has 0 bridgehead atoms. The van der Waals surface area contributed by atoms with Crippen LogP contribution in [0.15, 0.2) is 46.9 Å². The van der Waals surface area contributed by atoms with E-state index in [0.29, 0.717) is 5.56 Å². The average Bonchev–Trinajstić information content (AvgIpc) is 2.85. The molecule has 0 heterocycles. The first-order chi connectivity index (χ1) is 9.65. The minimum Gasteiger partial charge on any atom is -0.454 e. The summed E-state index contributed by atoms with van der Waals surface area (Å²) in [7, 11) is 0. The molecule has 0 saturated heterocycles. The summed E-state index contributed by atoms with van der Waals surface area (Å²) in [6.45, 7) is 0. The Balaban J connectivity index is 1.82. The van der Waals surface area contributed by atoms with Gasteiger partial charge in [-0.2, -0.15) is 0 Å². The van der Waals surface area contributed by atoms with Gasteiger partial charge >= 0.3 is 5.97 Å². The molecule has 3 rings (SSSR count). The van der Waals surface area contributed by atoms with E-state index in [4.69, 9.17) is 4.74 Å². The molecule has 1 unspecified atom stereocenters. The van der Waals surface area contributed by atoms with Crippen molar-refractivity contribution in [1.29, 1.82) is 0 Å². The molecule has 102 valence electrons. The molecule has 0 fully saturated rings. The van der Waals surface area contributed by atoms with Crippen molar-refractivity contribution in [3.05, 3.63) is 67.2 Å². The molecular weight excluding hydrogens is 431 g/mol. The molecule has 4 heteroatoms. The Kier molecular flexibility index (Phi) is 4.12. The predicted molar refractivity (Wildman–Crippen MR) is 89.8 cm³/mol. The van der Waals surface area contributed by atoms with Crippen LogP contribution < -0.4 is 0 Å². The lowest BCUT2D eigenvalue weighted by Crippen LogP contribution is -2.11. The van der Waals surface area contributed by atoms with E-state index in [-0.39, 0.29) is 12.1 Å². The molecule has 0 amide bonds. The van der Waals surface area contributed by atoms with E-state index in [0.717, 1.165) is 26.4 Å². The van der Waals surface area contributed by atoms with Crippen molar-refractivity contribution in [3.63, 3.8) is 0 Å². The first-order valence-electron chi connectivity index (χ1n) is 6.39. The van der Waals surface area contributed by atoms with Gasteiger partial charge in [-0.05, 0) is 64.8 Å². The number of rotatable bonds is 2. The highest BCUT2D eigenvalue weighted by molar-refractivity contribution is 14.1. The Hall–Kier alpha value is -0.880. The summed E-state index contributed by atoms with van der Waals surface area (Å²) in [6.07, 6.45) is 1.73. The summed E-state index contributed by atoms with van der Waals surface area (Å²) < 4.78 is 7.49. The van der Waals surface area contributed by atoms with Crippen LogP contribution in [0.4, 0.5) is 0 Å². The fraction of sp³-hybridized carbons (Fsp3) is 0.188. The molecule has 0 saturated carbocycles. The number of esters is 1. The van der Waals surface area contributed by atoms with Crippen LogP contribution in [0.1, 0.15) is 34.0 Å². The third kappa shape index (κ3) is 2.76. The van der Waals surface area contributed by atoms with Gasteiger partial charge in [-0.1, -0.05) is 40.2 Å². The maximum Gasteiger partial charge on any atom is 0.339 e. The number of carbonyl (C=O) groups is 1. The zero-order valence-electron chi connectivity index (χ0n) is 10.6. The number of ether oxygens (including phenoxy) is 1. The molecule has 1 atom stereocenters. The number of carbonyl (C=O) groups excluding carboxylic acids is 1. The van der Waals surface area contributed by atoms with Crippen LogP contribution in [0.25, 0.3) is 0 Å². The van der Waals surface area contributed by atoms with Crippen LogP contribution in [-0.2, 0) is 11.2 Å². The monoisotopic (exact) mass is 442 g/mol. The van der Waals surface area contributed by atoms with E-state index in [1.165, 1.54) is 5.56 Å². The lowest BCUT2D eigenvalue weighted by molar-refractivity contribution is 0.0300. The highest BCUT2D eigenvalue weighted by Crippen LogP contribution is 2.34.